The molecule has 0 aliphatic heterocycles. The molecule has 0 saturated heterocycles. The summed E-state index contributed by atoms with van der Waals surface area (Å²) in [6, 6.07) is 6.60. The van der Waals surface area contributed by atoms with Gasteiger partial charge in [-0.1, -0.05) is 23.2 Å². The van der Waals surface area contributed by atoms with Gasteiger partial charge in [0.05, 0.1) is 30.6 Å². The molecular formula is C14H12Cl2N2O3. The number of hydrogen-bond donors (Lipinski definition) is 1. The number of benzene rings is 1. The van der Waals surface area contributed by atoms with E-state index < -0.39 is 5.97 Å². The largest absolute Gasteiger partial charge is 0.496 e. The molecule has 0 spiro atoms. The van der Waals surface area contributed by atoms with Crippen LogP contribution in [-0.2, 0) is 4.74 Å². The van der Waals surface area contributed by atoms with E-state index in [0.29, 0.717) is 22.0 Å². The van der Waals surface area contributed by atoms with Gasteiger partial charge in [-0.2, -0.15) is 0 Å². The molecule has 110 valence electrons. The minimum Gasteiger partial charge on any atom is -0.496 e. The van der Waals surface area contributed by atoms with Crippen molar-refractivity contribution >= 4 is 34.9 Å². The highest BCUT2D eigenvalue weighted by molar-refractivity contribution is 6.35. The van der Waals surface area contributed by atoms with Gasteiger partial charge in [-0.05, 0) is 24.3 Å². The lowest BCUT2D eigenvalue weighted by Gasteiger charge is -2.11. The smallest absolute Gasteiger partial charge is 0.358 e. The average molecular weight is 327 g/mol. The zero-order chi connectivity index (χ0) is 15.6. The second kappa shape index (κ2) is 6.20. The van der Waals surface area contributed by atoms with Crippen molar-refractivity contribution in [1.29, 1.82) is 0 Å². The van der Waals surface area contributed by atoms with Crippen molar-refractivity contribution in [3.05, 3.63) is 40.0 Å². The molecule has 1 aromatic carbocycles. The van der Waals surface area contributed by atoms with Gasteiger partial charge in [0.25, 0.3) is 0 Å². The normalized spacial score (nSPS) is 10.3. The number of pyridine rings is 1. The molecule has 2 rings (SSSR count). The first-order chi connectivity index (χ1) is 9.97. The zero-order valence-electron chi connectivity index (χ0n) is 11.3. The zero-order valence-corrected chi connectivity index (χ0v) is 12.8. The third kappa shape index (κ3) is 3.04. The van der Waals surface area contributed by atoms with E-state index in [9.17, 15) is 4.79 Å². The molecule has 1 aromatic heterocycles. The van der Waals surface area contributed by atoms with E-state index in [0.717, 1.165) is 0 Å². The van der Waals surface area contributed by atoms with Gasteiger partial charge in [0.1, 0.15) is 5.75 Å². The van der Waals surface area contributed by atoms with Gasteiger partial charge in [0, 0.05) is 10.6 Å². The van der Waals surface area contributed by atoms with Crippen molar-refractivity contribution in [2.75, 3.05) is 20.0 Å². The Morgan fingerprint density at radius 2 is 1.95 bits per heavy atom. The SMILES string of the molecule is COC(=O)c1nc(-c2ccc(Cl)cc2OC)cc(N)c1Cl. The number of carbonyl (C=O) groups is 1. The first-order valence-corrected chi connectivity index (χ1v) is 6.61. The molecule has 0 amide bonds. The summed E-state index contributed by atoms with van der Waals surface area (Å²) in [5, 5.41) is 0.573. The lowest BCUT2D eigenvalue weighted by Crippen LogP contribution is -2.08. The molecule has 7 heteroatoms. The number of hydrogen-bond acceptors (Lipinski definition) is 5. The van der Waals surface area contributed by atoms with Crippen molar-refractivity contribution in [3.8, 4) is 17.0 Å². The monoisotopic (exact) mass is 326 g/mol. The fourth-order valence-corrected chi connectivity index (χ4v) is 2.13. The summed E-state index contributed by atoms with van der Waals surface area (Å²) in [6.07, 6.45) is 0. The quantitative estimate of drug-likeness (QED) is 0.874. The van der Waals surface area contributed by atoms with Gasteiger partial charge in [-0.25, -0.2) is 9.78 Å². The van der Waals surface area contributed by atoms with Gasteiger partial charge in [-0.15, -0.1) is 0 Å². The van der Waals surface area contributed by atoms with Gasteiger partial charge in [-0.3, -0.25) is 0 Å². The van der Waals surface area contributed by atoms with Gasteiger partial charge >= 0.3 is 5.97 Å². The van der Waals surface area contributed by atoms with Crippen LogP contribution in [0.25, 0.3) is 11.3 Å². The first-order valence-electron chi connectivity index (χ1n) is 5.86. The number of esters is 1. The molecule has 0 fully saturated rings. The number of rotatable bonds is 3. The van der Waals surface area contributed by atoms with Crippen LogP contribution in [0.15, 0.2) is 24.3 Å². The minimum atomic E-state index is -0.665. The fraction of sp³-hybridized carbons (Fsp3) is 0.143. The van der Waals surface area contributed by atoms with E-state index in [1.54, 1.807) is 24.3 Å². The lowest BCUT2D eigenvalue weighted by molar-refractivity contribution is 0.0594. The Morgan fingerprint density at radius 3 is 2.57 bits per heavy atom. The molecule has 2 N–H and O–H groups in total. The topological polar surface area (TPSA) is 74.4 Å². The van der Waals surface area contributed by atoms with E-state index in [4.69, 9.17) is 33.7 Å². The van der Waals surface area contributed by atoms with E-state index in [1.165, 1.54) is 14.2 Å². The molecule has 5 nitrogen and oxygen atoms in total. The number of ether oxygens (including phenoxy) is 2. The van der Waals surface area contributed by atoms with Crippen LogP contribution in [0.5, 0.6) is 5.75 Å². The second-order valence-electron chi connectivity index (χ2n) is 4.10. The van der Waals surface area contributed by atoms with E-state index in [-0.39, 0.29) is 16.4 Å². The Morgan fingerprint density at radius 1 is 1.24 bits per heavy atom. The van der Waals surface area contributed by atoms with Crippen LogP contribution in [0.3, 0.4) is 0 Å². The molecule has 0 radical (unpaired) electrons. The number of methoxy groups -OCH3 is 2. The summed E-state index contributed by atoms with van der Waals surface area (Å²) < 4.78 is 9.91. The third-order valence-electron chi connectivity index (χ3n) is 2.80. The molecule has 1 heterocycles. The summed E-state index contributed by atoms with van der Waals surface area (Å²) in [6.45, 7) is 0. The molecule has 0 bridgehead atoms. The predicted octanol–water partition coefficient (Wildman–Crippen LogP) is 3.43. The number of nitrogens with zero attached hydrogens (tertiary/aromatic N) is 1. The summed E-state index contributed by atoms with van der Waals surface area (Å²) in [5.41, 5.74) is 7.07. The van der Waals surface area contributed by atoms with Crippen LogP contribution >= 0.6 is 23.2 Å². The van der Waals surface area contributed by atoms with Crippen LogP contribution in [0.2, 0.25) is 10.0 Å². The maximum absolute atomic E-state index is 11.7. The lowest BCUT2D eigenvalue weighted by atomic mass is 10.1. The van der Waals surface area contributed by atoms with Crippen molar-refractivity contribution in [2.45, 2.75) is 0 Å². The maximum Gasteiger partial charge on any atom is 0.358 e. The summed E-state index contributed by atoms with van der Waals surface area (Å²) in [7, 11) is 2.75. The van der Waals surface area contributed by atoms with E-state index in [1.807, 2.05) is 0 Å². The van der Waals surface area contributed by atoms with Gasteiger partial charge in [0.2, 0.25) is 0 Å². The van der Waals surface area contributed by atoms with Crippen LogP contribution in [0.4, 0.5) is 5.69 Å². The second-order valence-corrected chi connectivity index (χ2v) is 4.91. The van der Waals surface area contributed by atoms with Crippen molar-refractivity contribution < 1.29 is 14.3 Å². The highest BCUT2D eigenvalue weighted by Crippen LogP contribution is 2.34. The molecule has 0 aliphatic carbocycles. The first kappa shape index (κ1) is 15.4. The Labute approximate surface area is 131 Å². The highest BCUT2D eigenvalue weighted by atomic mass is 35.5. The third-order valence-corrected chi connectivity index (χ3v) is 3.44. The number of nitrogen functional groups attached to an aromatic ring is 1. The van der Waals surface area contributed by atoms with Gasteiger partial charge in [0.15, 0.2) is 5.69 Å². The molecule has 21 heavy (non-hydrogen) atoms. The molecule has 0 saturated carbocycles. The Kier molecular flexibility index (Phi) is 4.55. The maximum atomic E-state index is 11.7. The minimum absolute atomic E-state index is 0.0498. The van der Waals surface area contributed by atoms with Crippen LogP contribution in [-0.4, -0.2) is 25.2 Å². The summed E-state index contributed by atoms with van der Waals surface area (Å²) in [4.78, 5) is 15.9. The average Bonchev–Trinajstić information content (AvgIpc) is 2.49. The molecule has 0 unspecified atom stereocenters. The predicted molar refractivity (Wildman–Crippen MR) is 82.0 cm³/mol. The van der Waals surface area contributed by atoms with E-state index in [2.05, 4.69) is 9.72 Å². The number of carbonyl (C=O) groups excluding carboxylic acids is 1. The Bertz CT molecular complexity index is 705. The number of aromatic nitrogens is 1. The van der Waals surface area contributed by atoms with E-state index >= 15 is 0 Å². The van der Waals surface area contributed by atoms with Crippen molar-refractivity contribution in [1.82, 2.24) is 4.98 Å². The molecule has 0 aliphatic rings. The van der Waals surface area contributed by atoms with Crippen molar-refractivity contribution in [2.24, 2.45) is 0 Å². The van der Waals surface area contributed by atoms with Crippen LogP contribution in [0.1, 0.15) is 10.5 Å². The Hall–Kier alpha value is -1.98. The fourth-order valence-electron chi connectivity index (χ4n) is 1.80. The van der Waals surface area contributed by atoms with Gasteiger partial charge < -0.3 is 15.2 Å². The standard InChI is InChI=1S/C14H12Cl2N2O3/c1-20-11-5-7(15)3-4-8(11)10-6-9(17)12(16)13(18-10)14(19)21-2/h3-6H,1-2H3,(H2,17,18). The summed E-state index contributed by atoms with van der Waals surface area (Å²) in [5.74, 6) is -0.158. The van der Waals surface area contributed by atoms with Crippen LogP contribution in [0, 0.1) is 0 Å². The molecule has 2 aromatic rings. The summed E-state index contributed by atoms with van der Waals surface area (Å²) >= 11 is 11.9. The highest BCUT2D eigenvalue weighted by Gasteiger charge is 2.19. The number of halogens is 2. The Balaban J connectivity index is 2.65. The number of anilines is 1. The van der Waals surface area contributed by atoms with Crippen molar-refractivity contribution in [3.63, 3.8) is 0 Å². The molecular weight excluding hydrogens is 315 g/mol. The van der Waals surface area contributed by atoms with Crippen LogP contribution < -0.4 is 10.5 Å². The molecule has 0 atom stereocenters. The number of nitrogens with two attached hydrogens (primary N) is 1.